The minimum absolute atomic E-state index is 0. The summed E-state index contributed by atoms with van der Waals surface area (Å²) < 4.78 is 0. The summed E-state index contributed by atoms with van der Waals surface area (Å²) in [5.74, 6) is 1.84. The van der Waals surface area contributed by atoms with E-state index < -0.39 is 0 Å². The van der Waals surface area contributed by atoms with Crippen LogP contribution in [0.3, 0.4) is 0 Å². The van der Waals surface area contributed by atoms with E-state index in [1.165, 1.54) is 0 Å². The van der Waals surface area contributed by atoms with Gasteiger partial charge in [-0.3, -0.25) is 5.10 Å². The van der Waals surface area contributed by atoms with E-state index in [-0.39, 0.29) is 30.3 Å². The molecule has 166 valence electrons. The van der Waals surface area contributed by atoms with Crippen molar-refractivity contribution in [3.8, 4) is 0 Å². The molecule has 0 saturated carbocycles. The van der Waals surface area contributed by atoms with E-state index in [0.29, 0.717) is 5.65 Å². The zero-order chi connectivity index (χ0) is 20.7. The second-order valence-electron chi connectivity index (χ2n) is 8.85. The van der Waals surface area contributed by atoms with Gasteiger partial charge in [-0.2, -0.15) is 5.10 Å². The maximum atomic E-state index is 9.75. The number of fused-ring (bicyclic) bond motifs is 2. The Labute approximate surface area is 188 Å². The highest BCUT2D eigenvalue weighted by Crippen LogP contribution is 2.40. The number of nitrogens with two attached hydrogens (primary N) is 1. The van der Waals surface area contributed by atoms with Crippen LogP contribution < -0.4 is 15.5 Å². The molecule has 0 amide bonds. The van der Waals surface area contributed by atoms with E-state index in [0.717, 1.165) is 73.8 Å². The number of nitrogens with one attached hydrogen (secondary N) is 1. The number of aliphatic hydroxyl groups is 1. The van der Waals surface area contributed by atoms with Crippen molar-refractivity contribution in [3.05, 3.63) is 36.0 Å². The van der Waals surface area contributed by atoms with Crippen molar-refractivity contribution >= 4 is 40.9 Å². The summed E-state index contributed by atoms with van der Waals surface area (Å²) in [6, 6.07) is 8.22. The van der Waals surface area contributed by atoms with Crippen LogP contribution in [0, 0.1) is 5.41 Å². The topological polar surface area (TPSA) is 107 Å². The highest BCUT2D eigenvalue weighted by Gasteiger charge is 2.31. The molecule has 0 bridgehead atoms. The van der Waals surface area contributed by atoms with Gasteiger partial charge in [-0.25, -0.2) is 9.97 Å². The number of benzene rings is 1. The first-order valence-corrected chi connectivity index (χ1v) is 10.8. The Hall–Kier alpha value is -2.42. The van der Waals surface area contributed by atoms with Crippen LogP contribution in [-0.4, -0.2) is 58.1 Å². The highest BCUT2D eigenvalue weighted by atomic mass is 35.5. The lowest BCUT2D eigenvalue weighted by atomic mass is 9.80. The molecule has 9 heteroatoms. The van der Waals surface area contributed by atoms with Crippen molar-refractivity contribution < 1.29 is 5.11 Å². The zero-order valence-electron chi connectivity index (χ0n) is 17.8. The summed E-state index contributed by atoms with van der Waals surface area (Å²) in [4.78, 5) is 14.0. The normalized spacial score (nSPS) is 20.4. The number of anilines is 3. The first kappa shape index (κ1) is 21.8. The number of aromatic nitrogens is 4. The van der Waals surface area contributed by atoms with Crippen LogP contribution in [0.5, 0.6) is 0 Å². The molecular weight excluding hydrogens is 414 g/mol. The number of H-pyrrole nitrogens is 1. The molecule has 4 N–H and O–H groups in total. The average molecular weight is 444 g/mol. The molecule has 4 heterocycles. The molecule has 31 heavy (non-hydrogen) atoms. The largest absolute Gasteiger partial charge is 0.396 e. The van der Waals surface area contributed by atoms with Crippen LogP contribution in [0.2, 0.25) is 0 Å². The number of piperidine rings is 1. The Kier molecular flexibility index (Phi) is 6.05. The fourth-order valence-corrected chi connectivity index (χ4v) is 4.65. The lowest BCUT2D eigenvalue weighted by molar-refractivity contribution is 0.258. The number of hydrogen-bond acceptors (Lipinski definition) is 7. The van der Waals surface area contributed by atoms with E-state index in [1.54, 1.807) is 0 Å². The van der Waals surface area contributed by atoms with E-state index in [2.05, 4.69) is 39.1 Å². The number of rotatable bonds is 4. The Morgan fingerprint density at radius 2 is 2.00 bits per heavy atom. The third kappa shape index (κ3) is 3.84. The molecule has 0 spiro atoms. The van der Waals surface area contributed by atoms with Gasteiger partial charge in [-0.05, 0) is 42.9 Å². The van der Waals surface area contributed by atoms with Crippen molar-refractivity contribution in [1.29, 1.82) is 0 Å². The third-order valence-electron chi connectivity index (χ3n) is 6.87. The van der Waals surface area contributed by atoms with Crippen molar-refractivity contribution in [3.63, 3.8) is 0 Å². The number of hydrogen-bond donors (Lipinski definition) is 3. The molecule has 1 aromatic carbocycles. The number of nitrogens with zero attached hydrogens (tertiary/aromatic N) is 5. The summed E-state index contributed by atoms with van der Waals surface area (Å²) in [6.07, 6.45) is 4.86. The van der Waals surface area contributed by atoms with Gasteiger partial charge in [-0.15, -0.1) is 12.4 Å². The number of aliphatic hydroxyl groups excluding tert-OH is 1. The number of halogens is 1. The first-order chi connectivity index (χ1) is 14.6. The van der Waals surface area contributed by atoms with Gasteiger partial charge in [0.1, 0.15) is 5.82 Å². The minimum atomic E-state index is 0. The van der Waals surface area contributed by atoms with Crippen molar-refractivity contribution in [2.45, 2.75) is 32.1 Å². The molecule has 2 aliphatic heterocycles. The van der Waals surface area contributed by atoms with E-state index in [4.69, 9.17) is 15.7 Å². The zero-order valence-corrected chi connectivity index (χ0v) is 18.6. The summed E-state index contributed by atoms with van der Waals surface area (Å²) >= 11 is 0. The SMILES string of the molecule is CC1(CN)CCN(c2cnc3c(N4CCC(CO)c5ccccc54)n[nH]c3n2)CC1.Cl. The molecule has 3 aromatic rings. The Morgan fingerprint density at radius 3 is 2.74 bits per heavy atom. The smallest absolute Gasteiger partial charge is 0.183 e. The quantitative estimate of drug-likeness (QED) is 0.569. The molecule has 5 rings (SSSR count). The van der Waals surface area contributed by atoms with Gasteiger partial charge in [-0.1, -0.05) is 25.1 Å². The highest BCUT2D eigenvalue weighted by molar-refractivity contribution is 5.88. The van der Waals surface area contributed by atoms with E-state index in [1.807, 2.05) is 18.3 Å². The summed E-state index contributed by atoms with van der Waals surface area (Å²) in [5.41, 5.74) is 9.89. The molecule has 2 aliphatic rings. The molecule has 1 atom stereocenters. The second-order valence-corrected chi connectivity index (χ2v) is 8.85. The molecule has 0 radical (unpaired) electrons. The van der Waals surface area contributed by atoms with Crippen LogP contribution >= 0.6 is 12.4 Å². The summed E-state index contributed by atoms with van der Waals surface area (Å²) in [5, 5.41) is 17.4. The Balaban J connectivity index is 0.00000231. The predicted octanol–water partition coefficient (Wildman–Crippen LogP) is 2.96. The third-order valence-corrected chi connectivity index (χ3v) is 6.87. The molecule has 0 aliphatic carbocycles. The Bertz CT molecular complexity index is 1050. The molecule has 1 saturated heterocycles. The van der Waals surface area contributed by atoms with Gasteiger partial charge in [0.25, 0.3) is 0 Å². The second kappa shape index (κ2) is 8.61. The van der Waals surface area contributed by atoms with Gasteiger partial charge in [0.15, 0.2) is 17.0 Å². The average Bonchev–Trinajstić information content (AvgIpc) is 3.22. The lowest BCUT2D eigenvalue weighted by Gasteiger charge is -2.39. The van der Waals surface area contributed by atoms with Crippen molar-refractivity contribution in [1.82, 2.24) is 20.2 Å². The van der Waals surface area contributed by atoms with Crippen LogP contribution in [-0.2, 0) is 0 Å². The van der Waals surface area contributed by atoms with E-state index in [9.17, 15) is 5.11 Å². The molecular formula is C22H30ClN7O. The lowest BCUT2D eigenvalue weighted by Crippen LogP contribution is -2.42. The van der Waals surface area contributed by atoms with Gasteiger partial charge in [0, 0.05) is 31.2 Å². The van der Waals surface area contributed by atoms with Crippen molar-refractivity contribution in [2.75, 3.05) is 42.6 Å². The maximum Gasteiger partial charge on any atom is 0.183 e. The standard InChI is InChI=1S/C22H29N7O.ClH/c1-22(14-23)7-10-28(11-8-22)18-12-24-19-20(25-18)26-27-21(19)29-9-6-15(13-30)16-4-2-3-5-17(16)29;/h2-5,12,15,30H,6-11,13-14,23H2,1H3,(H,25,26,27);1H. The first-order valence-electron chi connectivity index (χ1n) is 10.8. The van der Waals surface area contributed by atoms with Gasteiger partial charge in [0.2, 0.25) is 0 Å². The van der Waals surface area contributed by atoms with Crippen LogP contribution in [0.15, 0.2) is 30.5 Å². The summed E-state index contributed by atoms with van der Waals surface area (Å²) in [7, 11) is 0. The maximum absolute atomic E-state index is 9.75. The molecule has 8 nitrogen and oxygen atoms in total. The van der Waals surface area contributed by atoms with E-state index >= 15 is 0 Å². The van der Waals surface area contributed by atoms with Crippen LogP contribution in [0.4, 0.5) is 17.3 Å². The molecule has 1 unspecified atom stereocenters. The summed E-state index contributed by atoms with van der Waals surface area (Å²) in [6.45, 7) is 5.82. The van der Waals surface area contributed by atoms with Gasteiger partial charge < -0.3 is 20.6 Å². The van der Waals surface area contributed by atoms with Gasteiger partial charge in [0.05, 0.1) is 12.8 Å². The Morgan fingerprint density at radius 1 is 1.23 bits per heavy atom. The van der Waals surface area contributed by atoms with Gasteiger partial charge >= 0.3 is 0 Å². The fourth-order valence-electron chi connectivity index (χ4n) is 4.65. The van der Waals surface area contributed by atoms with Crippen LogP contribution in [0.1, 0.15) is 37.7 Å². The van der Waals surface area contributed by atoms with Crippen LogP contribution in [0.25, 0.3) is 11.2 Å². The predicted molar refractivity (Wildman–Crippen MR) is 125 cm³/mol. The van der Waals surface area contributed by atoms with Crippen molar-refractivity contribution in [2.24, 2.45) is 11.1 Å². The number of para-hydroxylation sites is 1. The number of aromatic amines is 1. The molecule has 1 fully saturated rings. The molecule has 2 aromatic heterocycles. The fraction of sp³-hybridized carbons (Fsp3) is 0.500. The minimum Gasteiger partial charge on any atom is -0.396 e. The monoisotopic (exact) mass is 443 g/mol.